The van der Waals surface area contributed by atoms with E-state index in [4.69, 9.17) is 9.63 Å². The molecule has 1 fully saturated rings. The number of likely N-dealkylation sites (tertiary alicyclic amines) is 1. The lowest BCUT2D eigenvalue weighted by Gasteiger charge is -2.11. The molecule has 6 heteroatoms. The normalized spacial score (nSPS) is 26.1. The monoisotopic (exact) mass is 225 g/mol. The lowest BCUT2D eigenvalue weighted by Crippen LogP contribution is -2.23. The van der Waals surface area contributed by atoms with Crippen molar-refractivity contribution in [2.75, 3.05) is 13.1 Å². The highest BCUT2D eigenvalue weighted by Gasteiger charge is 2.35. The molecule has 16 heavy (non-hydrogen) atoms. The van der Waals surface area contributed by atoms with Gasteiger partial charge in [0.05, 0.1) is 12.5 Å². The summed E-state index contributed by atoms with van der Waals surface area (Å²) in [4.78, 5) is 17.1. The lowest BCUT2D eigenvalue weighted by molar-refractivity contribution is -0.142. The van der Waals surface area contributed by atoms with E-state index >= 15 is 0 Å². The van der Waals surface area contributed by atoms with Crippen LogP contribution in [0.4, 0.5) is 0 Å². The zero-order chi connectivity index (χ0) is 11.7. The second-order valence-corrected chi connectivity index (χ2v) is 4.35. The van der Waals surface area contributed by atoms with Gasteiger partial charge in [-0.3, -0.25) is 9.69 Å². The van der Waals surface area contributed by atoms with Gasteiger partial charge in [0.15, 0.2) is 5.82 Å². The van der Waals surface area contributed by atoms with Gasteiger partial charge in [-0.25, -0.2) is 0 Å². The molecule has 0 amide bonds. The van der Waals surface area contributed by atoms with Crippen LogP contribution in [0.5, 0.6) is 0 Å². The van der Waals surface area contributed by atoms with Crippen LogP contribution in [0.25, 0.3) is 0 Å². The number of aryl methyl sites for hydroxylation is 1. The number of hydrogen-bond donors (Lipinski definition) is 1. The molecular formula is C10H15N3O3. The van der Waals surface area contributed by atoms with E-state index in [-0.39, 0.29) is 11.8 Å². The first kappa shape index (κ1) is 11.1. The quantitative estimate of drug-likeness (QED) is 0.808. The highest BCUT2D eigenvalue weighted by atomic mass is 16.5. The van der Waals surface area contributed by atoms with Gasteiger partial charge < -0.3 is 9.63 Å². The Bertz CT molecular complexity index is 390. The predicted molar refractivity (Wildman–Crippen MR) is 54.6 cm³/mol. The smallest absolute Gasteiger partial charge is 0.308 e. The molecule has 1 aromatic rings. The molecule has 1 saturated heterocycles. The van der Waals surface area contributed by atoms with Gasteiger partial charge in [0.25, 0.3) is 0 Å². The van der Waals surface area contributed by atoms with Crippen LogP contribution in [0, 0.1) is 18.8 Å². The Hall–Kier alpha value is -1.43. The average molecular weight is 225 g/mol. The molecule has 2 heterocycles. The number of rotatable bonds is 3. The summed E-state index contributed by atoms with van der Waals surface area (Å²) in [6.07, 6.45) is 0. The Balaban J connectivity index is 1.96. The maximum atomic E-state index is 10.9. The minimum atomic E-state index is -0.725. The van der Waals surface area contributed by atoms with Gasteiger partial charge in [-0.1, -0.05) is 12.1 Å². The second-order valence-electron chi connectivity index (χ2n) is 4.35. The number of hydrogen-bond acceptors (Lipinski definition) is 5. The molecule has 0 aromatic carbocycles. The Labute approximate surface area is 93.2 Å². The maximum absolute atomic E-state index is 10.9. The van der Waals surface area contributed by atoms with Crippen molar-refractivity contribution in [3.63, 3.8) is 0 Å². The molecule has 6 nitrogen and oxygen atoms in total. The molecule has 2 rings (SSSR count). The van der Waals surface area contributed by atoms with E-state index in [9.17, 15) is 4.79 Å². The minimum Gasteiger partial charge on any atom is -0.481 e. The fraction of sp³-hybridized carbons (Fsp3) is 0.700. The van der Waals surface area contributed by atoms with Crippen molar-refractivity contribution in [3.8, 4) is 0 Å². The summed E-state index contributed by atoms with van der Waals surface area (Å²) in [5, 5.41) is 12.7. The fourth-order valence-corrected chi connectivity index (χ4v) is 2.11. The zero-order valence-corrected chi connectivity index (χ0v) is 9.38. The van der Waals surface area contributed by atoms with Crippen LogP contribution in [0.3, 0.4) is 0 Å². The first-order valence-corrected chi connectivity index (χ1v) is 5.30. The molecule has 0 spiro atoms. The van der Waals surface area contributed by atoms with Crippen molar-refractivity contribution in [1.82, 2.24) is 15.0 Å². The van der Waals surface area contributed by atoms with Gasteiger partial charge in [-0.05, 0) is 12.8 Å². The van der Waals surface area contributed by atoms with Crippen molar-refractivity contribution >= 4 is 5.97 Å². The first-order valence-electron chi connectivity index (χ1n) is 5.30. The van der Waals surface area contributed by atoms with E-state index in [2.05, 4.69) is 10.1 Å². The van der Waals surface area contributed by atoms with Crippen molar-refractivity contribution in [3.05, 3.63) is 11.7 Å². The van der Waals surface area contributed by atoms with Crippen molar-refractivity contribution in [1.29, 1.82) is 0 Å². The van der Waals surface area contributed by atoms with Crippen LogP contribution in [0.1, 0.15) is 18.6 Å². The molecule has 1 aliphatic heterocycles. The summed E-state index contributed by atoms with van der Waals surface area (Å²) in [5.74, 6) is 0.315. The molecule has 2 atom stereocenters. The van der Waals surface area contributed by atoms with Gasteiger partial charge in [-0.2, -0.15) is 4.98 Å². The lowest BCUT2D eigenvalue weighted by atomic mass is 9.99. The van der Waals surface area contributed by atoms with Crippen LogP contribution < -0.4 is 0 Å². The van der Waals surface area contributed by atoms with Crippen LogP contribution in [-0.2, 0) is 11.3 Å². The number of carbonyl (C=O) groups is 1. The topological polar surface area (TPSA) is 79.5 Å². The number of nitrogens with zero attached hydrogens (tertiary/aromatic N) is 3. The summed E-state index contributed by atoms with van der Waals surface area (Å²) in [6.45, 7) is 5.57. The first-order chi connectivity index (χ1) is 7.56. The number of carboxylic acids is 1. The van der Waals surface area contributed by atoms with Crippen LogP contribution >= 0.6 is 0 Å². The largest absolute Gasteiger partial charge is 0.481 e. The molecule has 0 aliphatic carbocycles. The SMILES string of the molecule is Cc1noc(CN2C[C@@H](C)[C@H](C(=O)O)C2)n1. The molecule has 0 saturated carbocycles. The number of carboxylic acid groups (broad SMARTS) is 1. The van der Waals surface area contributed by atoms with Crippen LogP contribution in [-0.4, -0.2) is 39.2 Å². The Morgan fingerprint density at radius 3 is 2.88 bits per heavy atom. The molecular weight excluding hydrogens is 210 g/mol. The fourth-order valence-electron chi connectivity index (χ4n) is 2.11. The summed E-state index contributed by atoms with van der Waals surface area (Å²) in [5.41, 5.74) is 0. The second kappa shape index (κ2) is 4.21. The van der Waals surface area contributed by atoms with E-state index in [1.807, 2.05) is 11.8 Å². The van der Waals surface area contributed by atoms with E-state index in [0.717, 1.165) is 6.54 Å². The molecule has 1 aromatic heterocycles. The summed E-state index contributed by atoms with van der Waals surface area (Å²) >= 11 is 0. The molecule has 0 bridgehead atoms. The number of aliphatic carboxylic acids is 1. The number of aromatic nitrogens is 2. The maximum Gasteiger partial charge on any atom is 0.308 e. The van der Waals surface area contributed by atoms with E-state index in [1.165, 1.54) is 0 Å². The van der Waals surface area contributed by atoms with Gasteiger partial charge in [0, 0.05) is 13.1 Å². The summed E-state index contributed by atoms with van der Waals surface area (Å²) < 4.78 is 5.01. The van der Waals surface area contributed by atoms with Crippen molar-refractivity contribution in [2.45, 2.75) is 20.4 Å². The Morgan fingerprint density at radius 2 is 2.38 bits per heavy atom. The van der Waals surface area contributed by atoms with Gasteiger partial charge in [0.1, 0.15) is 0 Å². The highest BCUT2D eigenvalue weighted by molar-refractivity contribution is 5.71. The minimum absolute atomic E-state index is 0.168. The summed E-state index contributed by atoms with van der Waals surface area (Å²) in [6, 6.07) is 0. The van der Waals surface area contributed by atoms with Gasteiger partial charge >= 0.3 is 5.97 Å². The van der Waals surface area contributed by atoms with E-state index < -0.39 is 5.97 Å². The van der Waals surface area contributed by atoms with Gasteiger partial charge in [-0.15, -0.1) is 0 Å². The van der Waals surface area contributed by atoms with Crippen LogP contribution in [0.15, 0.2) is 4.52 Å². The van der Waals surface area contributed by atoms with E-state index in [0.29, 0.717) is 24.8 Å². The summed E-state index contributed by atoms with van der Waals surface area (Å²) in [7, 11) is 0. The molecule has 0 unspecified atom stereocenters. The molecule has 1 aliphatic rings. The van der Waals surface area contributed by atoms with Crippen LogP contribution in [0.2, 0.25) is 0 Å². The zero-order valence-electron chi connectivity index (χ0n) is 9.38. The average Bonchev–Trinajstić information content (AvgIpc) is 2.73. The van der Waals surface area contributed by atoms with Gasteiger partial charge in [0.2, 0.25) is 5.89 Å². The molecule has 0 radical (unpaired) electrons. The Kier molecular flexibility index (Phi) is 2.91. The predicted octanol–water partition coefficient (Wildman–Crippen LogP) is 0.531. The standard InChI is InChI=1S/C10H15N3O3/c1-6-3-13(4-8(6)10(14)15)5-9-11-7(2)12-16-9/h6,8H,3-5H2,1-2H3,(H,14,15)/t6-,8-/m1/s1. The Morgan fingerprint density at radius 1 is 1.62 bits per heavy atom. The molecule has 88 valence electrons. The third-order valence-electron chi connectivity index (χ3n) is 2.93. The molecule has 1 N–H and O–H groups in total. The van der Waals surface area contributed by atoms with E-state index in [1.54, 1.807) is 6.92 Å². The highest BCUT2D eigenvalue weighted by Crippen LogP contribution is 2.24. The third kappa shape index (κ3) is 2.21. The van der Waals surface area contributed by atoms with Crippen molar-refractivity contribution < 1.29 is 14.4 Å². The third-order valence-corrected chi connectivity index (χ3v) is 2.93. The van der Waals surface area contributed by atoms with Crippen molar-refractivity contribution in [2.24, 2.45) is 11.8 Å².